The Balaban J connectivity index is 2.13. The number of hydrogen-bond donors (Lipinski definition) is 1. The summed E-state index contributed by atoms with van der Waals surface area (Å²) in [6, 6.07) is 4.21. The van der Waals surface area contributed by atoms with Crippen molar-refractivity contribution in [2.24, 2.45) is 0 Å². The minimum atomic E-state index is -0.575. The summed E-state index contributed by atoms with van der Waals surface area (Å²) < 4.78 is 29.6. The van der Waals surface area contributed by atoms with Crippen molar-refractivity contribution in [3.8, 4) is 5.75 Å². The molecule has 2 rings (SSSR count). The molecule has 0 saturated carbocycles. The van der Waals surface area contributed by atoms with Crippen molar-refractivity contribution in [1.82, 2.24) is 0 Å². The van der Waals surface area contributed by atoms with Crippen LogP contribution in [0.3, 0.4) is 0 Å². The van der Waals surface area contributed by atoms with Gasteiger partial charge in [0.25, 0.3) is 0 Å². The Labute approximate surface area is 112 Å². The first-order chi connectivity index (χ1) is 9.24. The van der Waals surface area contributed by atoms with E-state index >= 15 is 0 Å². The first-order valence-corrected chi connectivity index (χ1v) is 6.42. The summed E-state index contributed by atoms with van der Waals surface area (Å²) in [6.45, 7) is 1.10. The molecule has 19 heavy (non-hydrogen) atoms. The molecule has 1 saturated heterocycles. The van der Waals surface area contributed by atoms with Crippen molar-refractivity contribution in [1.29, 1.82) is 0 Å². The van der Waals surface area contributed by atoms with Crippen LogP contribution in [0.15, 0.2) is 18.2 Å². The van der Waals surface area contributed by atoms with Crippen LogP contribution in [-0.2, 0) is 9.47 Å². The van der Waals surface area contributed by atoms with Gasteiger partial charge in [-0.05, 0) is 31.0 Å². The average molecular weight is 270 g/mol. The predicted octanol–water partition coefficient (Wildman–Crippen LogP) is 2.06. The number of aliphatic hydroxyl groups excluding tert-OH is 1. The fourth-order valence-electron chi connectivity index (χ4n) is 2.22. The van der Waals surface area contributed by atoms with Crippen LogP contribution in [0.25, 0.3) is 0 Å². The van der Waals surface area contributed by atoms with Crippen LogP contribution in [0, 0.1) is 5.82 Å². The van der Waals surface area contributed by atoms with Gasteiger partial charge in [0.2, 0.25) is 0 Å². The van der Waals surface area contributed by atoms with E-state index in [4.69, 9.17) is 14.2 Å². The second-order valence-electron chi connectivity index (χ2n) is 4.51. The van der Waals surface area contributed by atoms with Gasteiger partial charge < -0.3 is 19.3 Å². The highest BCUT2D eigenvalue weighted by Gasteiger charge is 2.23. The highest BCUT2D eigenvalue weighted by Crippen LogP contribution is 2.30. The second-order valence-corrected chi connectivity index (χ2v) is 4.51. The first-order valence-electron chi connectivity index (χ1n) is 6.42. The molecule has 1 aliphatic heterocycles. The van der Waals surface area contributed by atoms with Gasteiger partial charge in [-0.25, -0.2) is 4.39 Å². The lowest BCUT2D eigenvalue weighted by molar-refractivity contribution is -0.0854. The topological polar surface area (TPSA) is 47.9 Å². The van der Waals surface area contributed by atoms with E-state index in [1.54, 1.807) is 6.07 Å². The summed E-state index contributed by atoms with van der Waals surface area (Å²) in [5, 5.41) is 9.49. The lowest BCUT2D eigenvalue weighted by Gasteiger charge is -2.27. The molecule has 1 aromatic rings. The molecule has 0 amide bonds. The SMILES string of the molecule is COc1ccc(F)cc1[C@H](CO)OC1CCOCC1. The molecule has 1 N–H and O–H groups in total. The zero-order valence-corrected chi connectivity index (χ0v) is 11.0. The monoisotopic (exact) mass is 270 g/mol. The van der Waals surface area contributed by atoms with Crippen molar-refractivity contribution in [3.63, 3.8) is 0 Å². The predicted molar refractivity (Wildman–Crippen MR) is 67.7 cm³/mol. The molecule has 0 bridgehead atoms. The lowest BCUT2D eigenvalue weighted by atomic mass is 10.1. The molecule has 1 aliphatic rings. The molecule has 4 nitrogen and oxygen atoms in total. The zero-order chi connectivity index (χ0) is 13.7. The van der Waals surface area contributed by atoms with Gasteiger partial charge in [0.05, 0.1) is 19.8 Å². The van der Waals surface area contributed by atoms with Crippen LogP contribution >= 0.6 is 0 Å². The first kappa shape index (κ1) is 14.2. The van der Waals surface area contributed by atoms with Gasteiger partial charge in [-0.15, -0.1) is 0 Å². The molecule has 0 radical (unpaired) electrons. The number of ether oxygens (including phenoxy) is 3. The number of hydrogen-bond acceptors (Lipinski definition) is 4. The van der Waals surface area contributed by atoms with Crippen LogP contribution in [0.1, 0.15) is 24.5 Å². The van der Waals surface area contributed by atoms with E-state index in [1.165, 1.54) is 19.2 Å². The quantitative estimate of drug-likeness (QED) is 0.889. The maximum Gasteiger partial charge on any atom is 0.124 e. The Bertz CT molecular complexity index is 404. The highest BCUT2D eigenvalue weighted by atomic mass is 19.1. The van der Waals surface area contributed by atoms with Crippen LogP contribution in [0.4, 0.5) is 4.39 Å². The van der Waals surface area contributed by atoms with Crippen molar-refractivity contribution >= 4 is 0 Å². The number of halogens is 1. The molecule has 1 atom stereocenters. The molecule has 1 heterocycles. The highest BCUT2D eigenvalue weighted by molar-refractivity contribution is 5.35. The van der Waals surface area contributed by atoms with Gasteiger partial charge in [0.1, 0.15) is 17.7 Å². The molecule has 1 aromatic carbocycles. The standard InChI is InChI=1S/C14H19FO4/c1-17-13-3-2-10(15)8-12(13)14(9-16)19-11-4-6-18-7-5-11/h2-3,8,11,14,16H,4-7,9H2,1H3/t14-/m0/s1. The maximum atomic E-state index is 13.3. The molecular weight excluding hydrogens is 251 g/mol. The minimum absolute atomic E-state index is 0.0267. The summed E-state index contributed by atoms with van der Waals surface area (Å²) in [6.07, 6.45) is 1.02. The van der Waals surface area contributed by atoms with Crippen molar-refractivity contribution in [2.75, 3.05) is 26.9 Å². The summed E-state index contributed by atoms with van der Waals surface area (Å²) in [5.41, 5.74) is 0.538. The van der Waals surface area contributed by atoms with Gasteiger partial charge in [-0.2, -0.15) is 0 Å². The van der Waals surface area contributed by atoms with E-state index in [-0.39, 0.29) is 18.5 Å². The number of rotatable bonds is 5. The third-order valence-electron chi connectivity index (χ3n) is 3.23. The third kappa shape index (κ3) is 3.65. The summed E-state index contributed by atoms with van der Waals surface area (Å²) in [4.78, 5) is 0. The number of methoxy groups -OCH3 is 1. The van der Waals surface area contributed by atoms with Crippen LogP contribution in [0.2, 0.25) is 0 Å². The van der Waals surface area contributed by atoms with E-state index < -0.39 is 6.10 Å². The zero-order valence-electron chi connectivity index (χ0n) is 11.0. The van der Waals surface area contributed by atoms with Crippen LogP contribution < -0.4 is 4.74 Å². The molecule has 0 unspecified atom stereocenters. The van der Waals surface area contributed by atoms with Crippen LogP contribution in [-0.4, -0.2) is 38.1 Å². The Morgan fingerprint density at radius 3 is 2.79 bits per heavy atom. The lowest BCUT2D eigenvalue weighted by Crippen LogP contribution is -2.26. The molecule has 5 heteroatoms. The Kier molecular flexibility index (Phi) is 5.13. The van der Waals surface area contributed by atoms with E-state index in [0.29, 0.717) is 24.5 Å². The van der Waals surface area contributed by atoms with E-state index in [1.807, 2.05) is 0 Å². The number of aliphatic hydroxyl groups is 1. The molecular formula is C14H19FO4. The van der Waals surface area contributed by atoms with Crippen LogP contribution in [0.5, 0.6) is 5.75 Å². The minimum Gasteiger partial charge on any atom is -0.496 e. The summed E-state index contributed by atoms with van der Waals surface area (Å²) >= 11 is 0. The van der Waals surface area contributed by atoms with E-state index in [2.05, 4.69) is 0 Å². The van der Waals surface area contributed by atoms with Gasteiger partial charge in [-0.1, -0.05) is 0 Å². The van der Waals surface area contributed by atoms with E-state index in [0.717, 1.165) is 12.8 Å². The van der Waals surface area contributed by atoms with Gasteiger partial charge in [0, 0.05) is 18.8 Å². The second kappa shape index (κ2) is 6.84. The summed E-state index contributed by atoms with van der Waals surface area (Å²) in [7, 11) is 1.51. The Hall–Kier alpha value is -1.17. The molecule has 0 spiro atoms. The molecule has 1 fully saturated rings. The largest absolute Gasteiger partial charge is 0.496 e. The maximum absolute atomic E-state index is 13.3. The number of benzene rings is 1. The third-order valence-corrected chi connectivity index (χ3v) is 3.23. The van der Waals surface area contributed by atoms with E-state index in [9.17, 15) is 9.50 Å². The Morgan fingerprint density at radius 1 is 1.42 bits per heavy atom. The fourth-order valence-corrected chi connectivity index (χ4v) is 2.22. The average Bonchev–Trinajstić information content (AvgIpc) is 2.46. The molecule has 106 valence electrons. The molecule has 0 aliphatic carbocycles. The smallest absolute Gasteiger partial charge is 0.124 e. The van der Waals surface area contributed by atoms with Gasteiger partial charge >= 0.3 is 0 Å². The summed E-state index contributed by atoms with van der Waals surface area (Å²) in [5.74, 6) is 0.150. The van der Waals surface area contributed by atoms with Gasteiger partial charge in [-0.3, -0.25) is 0 Å². The van der Waals surface area contributed by atoms with Gasteiger partial charge in [0.15, 0.2) is 0 Å². The van der Waals surface area contributed by atoms with Crippen molar-refractivity contribution in [3.05, 3.63) is 29.6 Å². The van der Waals surface area contributed by atoms with Crippen molar-refractivity contribution < 1.29 is 23.7 Å². The normalized spacial score (nSPS) is 18.3. The Morgan fingerprint density at radius 2 is 2.16 bits per heavy atom. The van der Waals surface area contributed by atoms with Crippen molar-refractivity contribution in [2.45, 2.75) is 25.0 Å². The molecule has 0 aromatic heterocycles. The fraction of sp³-hybridized carbons (Fsp3) is 0.571.